The third-order valence-corrected chi connectivity index (χ3v) is 7.86. The maximum atomic E-state index is 13.3. The van der Waals surface area contributed by atoms with Gasteiger partial charge in [-0.1, -0.05) is 52.0 Å². The number of carbonyl (C=O) groups is 2. The lowest BCUT2D eigenvalue weighted by molar-refractivity contribution is -0.123. The van der Waals surface area contributed by atoms with Crippen LogP contribution in [0.5, 0.6) is 5.75 Å². The minimum Gasteiger partial charge on any atom is -0.492 e. The predicted octanol–water partition coefficient (Wildman–Crippen LogP) is 6.39. The van der Waals surface area contributed by atoms with E-state index in [1.54, 1.807) is 11.3 Å². The molecular formula is C32H40N4O3S. The van der Waals surface area contributed by atoms with Crippen molar-refractivity contribution in [2.45, 2.75) is 65.5 Å². The number of para-hydroxylation sites is 1. The summed E-state index contributed by atoms with van der Waals surface area (Å²) in [5, 5.41) is 7.96. The van der Waals surface area contributed by atoms with Gasteiger partial charge in [0.15, 0.2) is 0 Å². The number of aromatic nitrogens is 2. The fourth-order valence-corrected chi connectivity index (χ4v) is 5.67. The molecule has 0 saturated heterocycles. The van der Waals surface area contributed by atoms with Crippen LogP contribution in [0.4, 0.5) is 0 Å². The molecule has 0 saturated carbocycles. The Morgan fingerprint density at radius 1 is 1.02 bits per heavy atom. The highest BCUT2D eigenvalue weighted by atomic mass is 32.1. The number of ether oxygens (including phenoxy) is 1. The van der Waals surface area contributed by atoms with Crippen LogP contribution in [0, 0.1) is 5.92 Å². The molecule has 40 heavy (non-hydrogen) atoms. The van der Waals surface area contributed by atoms with Crippen molar-refractivity contribution in [3.8, 4) is 5.75 Å². The number of amides is 2. The van der Waals surface area contributed by atoms with E-state index < -0.39 is 6.04 Å². The second kappa shape index (κ2) is 14.1. The molecule has 0 aliphatic rings. The Morgan fingerprint density at radius 3 is 2.48 bits per heavy atom. The number of benzene rings is 2. The van der Waals surface area contributed by atoms with Gasteiger partial charge >= 0.3 is 0 Å². The Bertz CT molecular complexity index is 1380. The summed E-state index contributed by atoms with van der Waals surface area (Å²) in [6, 6.07) is 19.0. The summed E-state index contributed by atoms with van der Waals surface area (Å²) in [4.78, 5) is 32.6. The first-order chi connectivity index (χ1) is 19.4. The molecular weight excluding hydrogens is 520 g/mol. The highest BCUT2D eigenvalue weighted by molar-refractivity contribution is 7.09. The zero-order chi connectivity index (χ0) is 28.5. The van der Waals surface area contributed by atoms with Gasteiger partial charge in [0.25, 0.3) is 5.91 Å². The van der Waals surface area contributed by atoms with Gasteiger partial charge in [-0.3, -0.25) is 9.59 Å². The van der Waals surface area contributed by atoms with Crippen molar-refractivity contribution in [3.63, 3.8) is 0 Å². The van der Waals surface area contributed by atoms with Crippen LogP contribution in [0.3, 0.4) is 0 Å². The van der Waals surface area contributed by atoms with E-state index >= 15 is 0 Å². The topological polar surface area (TPSA) is 85.2 Å². The Balaban J connectivity index is 1.48. The van der Waals surface area contributed by atoms with Gasteiger partial charge in [-0.05, 0) is 67.0 Å². The molecule has 2 heterocycles. The summed E-state index contributed by atoms with van der Waals surface area (Å²) in [5.74, 6) is 1.51. The molecule has 0 bridgehead atoms. The third kappa shape index (κ3) is 7.50. The second-order valence-electron chi connectivity index (χ2n) is 10.4. The third-order valence-electron chi connectivity index (χ3n) is 6.99. The Hall–Kier alpha value is -3.65. The SMILES string of the molecule is CCC(CC)n1c(Cc2cccs2)nc2cc(C(=O)N[C@@H](CC(C)C)C(=O)NCCOc3ccccc3)ccc21. The van der Waals surface area contributed by atoms with Crippen LogP contribution in [-0.2, 0) is 11.2 Å². The molecule has 7 nitrogen and oxygen atoms in total. The standard InChI is InChI=1S/C32H40N4O3S/c1-5-24(6-2)36-29-15-14-23(20-27(29)34-30(36)21-26-13-10-18-40-26)31(37)35-28(19-22(3)4)32(38)33-16-17-39-25-11-8-7-9-12-25/h7-15,18,20,22,24,28H,5-6,16-17,19,21H2,1-4H3,(H,33,38)(H,35,37)/t28-/m0/s1. The normalized spacial score (nSPS) is 12.2. The van der Waals surface area contributed by atoms with E-state index in [0.717, 1.165) is 41.9 Å². The molecule has 2 N–H and O–H groups in total. The molecule has 4 aromatic rings. The van der Waals surface area contributed by atoms with Crippen LogP contribution in [0.25, 0.3) is 11.0 Å². The van der Waals surface area contributed by atoms with E-state index in [0.29, 0.717) is 31.2 Å². The van der Waals surface area contributed by atoms with Crippen LogP contribution in [0.1, 0.15) is 74.1 Å². The summed E-state index contributed by atoms with van der Waals surface area (Å²) in [6.07, 6.45) is 3.30. The maximum Gasteiger partial charge on any atom is 0.252 e. The average Bonchev–Trinajstić information content (AvgIpc) is 3.59. The molecule has 1 atom stereocenters. The molecule has 2 aromatic heterocycles. The van der Waals surface area contributed by atoms with Crippen molar-refractivity contribution in [2.75, 3.05) is 13.2 Å². The lowest BCUT2D eigenvalue weighted by Gasteiger charge is -2.20. The molecule has 2 aromatic carbocycles. The van der Waals surface area contributed by atoms with Crippen molar-refractivity contribution in [3.05, 3.63) is 82.3 Å². The zero-order valence-electron chi connectivity index (χ0n) is 23.9. The summed E-state index contributed by atoms with van der Waals surface area (Å²) >= 11 is 1.73. The number of nitrogens with one attached hydrogen (secondary N) is 2. The van der Waals surface area contributed by atoms with Gasteiger partial charge in [-0.25, -0.2) is 4.98 Å². The van der Waals surface area contributed by atoms with Crippen LogP contribution < -0.4 is 15.4 Å². The van der Waals surface area contributed by atoms with E-state index in [2.05, 4.69) is 46.6 Å². The fourth-order valence-electron chi connectivity index (χ4n) is 4.97. The molecule has 2 amide bonds. The van der Waals surface area contributed by atoms with Crippen molar-refractivity contribution in [1.82, 2.24) is 20.2 Å². The van der Waals surface area contributed by atoms with Crippen molar-refractivity contribution < 1.29 is 14.3 Å². The Labute approximate surface area is 241 Å². The smallest absolute Gasteiger partial charge is 0.252 e. The van der Waals surface area contributed by atoms with E-state index in [-0.39, 0.29) is 17.7 Å². The van der Waals surface area contributed by atoms with Crippen molar-refractivity contribution in [1.29, 1.82) is 0 Å². The van der Waals surface area contributed by atoms with Gasteiger partial charge in [-0.2, -0.15) is 0 Å². The summed E-state index contributed by atoms with van der Waals surface area (Å²) in [7, 11) is 0. The highest BCUT2D eigenvalue weighted by Gasteiger charge is 2.24. The minimum absolute atomic E-state index is 0.212. The zero-order valence-corrected chi connectivity index (χ0v) is 24.7. The fraction of sp³-hybridized carbons (Fsp3) is 0.406. The Kier molecular flexibility index (Phi) is 10.4. The first-order valence-corrected chi connectivity index (χ1v) is 15.1. The lowest BCUT2D eigenvalue weighted by atomic mass is 10.0. The van der Waals surface area contributed by atoms with Crippen LogP contribution in [0.2, 0.25) is 0 Å². The van der Waals surface area contributed by atoms with Crippen LogP contribution in [0.15, 0.2) is 66.0 Å². The predicted molar refractivity (Wildman–Crippen MR) is 162 cm³/mol. The van der Waals surface area contributed by atoms with Crippen LogP contribution >= 0.6 is 11.3 Å². The van der Waals surface area contributed by atoms with Crippen molar-refractivity contribution >= 4 is 34.2 Å². The monoisotopic (exact) mass is 560 g/mol. The number of imidazole rings is 1. The highest BCUT2D eigenvalue weighted by Crippen LogP contribution is 2.28. The largest absolute Gasteiger partial charge is 0.492 e. The average molecular weight is 561 g/mol. The quantitative estimate of drug-likeness (QED) is 0.175. The number of carbonyl (C=O) groups excluding carboxylic acids is 2. The van der Waals surface area contributed by atoms with Gasteiger partial charge in [0, 0.05) is 22.9 Å². The Morgan fingerprint density at radius 2 is 1.80 bits per heavy atom. The van der Waals surface area contributed by atoms with E-state index in [9.17, 15) is 9.59 Å². The van der Waals surface area contributed by atoms with E-state index in [1.165, 1.54) is 4.88 Å². The first-order valence-electron chi connectivity index (χ1n) is 14.2. The van der Waals surface area contributed by atoms with Gasteiger partial charge in [-0.15, -0.1) is 11.3 Å². The molecule has 0 aliphatic heterocycles. The van der Waals surface area contributed by atoms with E-state index in [4.69, 9.17) is 9.72 Å². The number of fused-ring (bicyclic) bond motifs is 1. The second-order valence-corrected chi connectivity index (χ2v) is 11.5. The number of rotatable bonds is 14. The molecule has 0 aliphatic carbocycles. The van der Waals surface area contributed by atoms with E-state index in [1.807, 2.05) is 62.4 Å². The number of hydrogen-bond acceptors (Lipinski definition) is 5. The molecule has 212 valence electrons. The summed E-state index contributed by atoms with van der Waals surface area (Å²) < 4.78 is 8.01. The first kappa shape index (κ1) is 29.3. The molecule has 0 radical (unpaired) electrons. The van der Waals surface area contributed by atoms with Gasteiger partial charge in [0.2, 0.25) is 5.91 Å². The van der Waals surface area contributed by atoms with Gasteiger partial charge in [0.05, 0.1) is 17.6 Å². The molecule has 8 heteroatoms. The van der Waals surface area contributed by atoms with Gasteiger partial charge < -0.3 is 19.9 Å². The lowest BCUT2D eigenvalue weighted by Crippen LogP contribution is -2.48. The maximum absolute atomic E-state index is 13.3. The summed E-state index contributed by atoms with van der Waals surface area (Å²) in [6.45, 7) is 9.18. The number of hydrogen-bond donors (Lipinski definition) is 2. The summed E-state index contributed by atoms with van der Waals surface area (Å²) in [5.41, 5.74) is 2.33. The van der Waals surface area contributed by atoms with Gasteiger partial charge in [0.1, 0.15) is 24.2 Å². The minimum atomic E-state index is -0.642. The number of nitrogens with zero attached hydrogens (tertiary/aromatic N) is 2. The molecule has 0 fully saturated rings. The van der Waals surface area contributed by atoms with Crippen LogP contribution in [-0.4, -0.2) is 40.6 Å². The number of thiophene rings is 1. The van der Waals surface area contributed by atoms with Crippen molar-refractivity contribution in [2.24, 2.45) is 5.92 Å². The molecule has 0 unspecified atom stereocenters. The molecule has 0 spiro atoms. The molecule has 4 rings (SSSR count).